The Labute approximate surface area is 81.5 Å². The second-order valence-corrected chi connectivity index (χ2v) is 3.11. The van der Waals surface area contributed by atoms with E-state index in [0.717, 1.165) is 0 Å². The summed E-state index contributed by atoms with van der Waals surface area (Å²) in [6.07, 6.45) is 0.210. The predicted molar refractivity (Wildman–Crippen MR) is 54.6 cm³/mol. The molecule has 1 atom stereocenters. The number of hydrogen-bond acceptors (Lipinski definition) is 4. The second kappa shape index (κ2) is 3.97. The molecule has 7 N–H and O–H groups in total. The fourth-order valence-electron chi connectivity index (χ4n) is 1.12. The zero-order valence-corrected chi connectivity index (χ0v) is 7.60. The first-order valence-electron chi connectivity index (χ1n) is 4.13. The molecule has 0 bridgehead atoms. The summed E-state index contributed by atoms with van der Waals surface area (Å²) in [5.41, 5.74) is 18.2. The fraction of sp³-hybridized carbons (Fsp3) is 0.222. The summed E-state index contributed by atoms with van der Waals surface area (Å²) in [7, 11) is 0. The monoisotopic (exact) mass is 195 g/mol. The molecule has 0 fully saturated rings. The number of anilines is 2. The molecule has 0 radical (unpaired) electrons. The van der Waals surface area contributed by atoms with Gasteiger partial charge >= 0.3 is 5.97 Å². The summed E-state index contributed by atoms with van der Waals surface area (Å²) in [4.78, 5) is 10.5. The third-order valence-electron chi connectivity index (χ3n) is 1.93. The molecule has 1 aromatic carbocycles. The summed E-state index contributed by atoms with van der Waals surface area (Å²) in [5, 5.41) is 8.60. The van der Waals surface area contributed by atoms with Gasteiger partial charge in [0.2, 0.25) is 0 Å². The van der Waals surface area contributed by atoms with Crippen LogP contribution >= 0.6 is 0 Å². The average molecular weight is 195 g/mol. The Morgan fingerprint density at radius 2 is 2.07 bits per heavy atom. The topological polar surface area (TPSA) is 115 Å². The van der Waals surface area contributed by atoms with E-state index in [4.69, 9.17) is 22.3 Å². The van der Waals surface area contributed by atoms with Gasteiger partial charge in [-0.05, 0) is 17.7 Å². The Morgan fingerprint density at radius 3 is 2.57 bits per heavy atom. The molecular formula is C9H13N3O2. The molecule has 5 nitrogen and oxygen atoms in total. The highest BCUT2D eigenvalue weighted by molar-refractivity contribution is 5.74. The van der Waals surface area contributed by atoms with Gasteiger partial charge in [0.1, 0.15) is 6.04 Å². The Bertz CT molecular complexity index is 352. The molecule has 0 aliphatic rings. The maximum absolute atomic E-state index is 10.5. The first-order chi connectivity index (χ1) is 6.50. The number of aliphatic carboxylic acids is 1. The molecule has 0 heterocycles. The minimum atomic E-state index is -1.04. The summed E-state index contributed by atoms with van der Waals surface area (Å²) < 4.78 is 0. The Hall–Kier alpha value is -1.75. The third-order valence-corrected chi connectivity index (χ3v) is 1.93. The largest absolute Gasteiger partial charge is 0.480 e. The molecule has 0 spiro atoms. The van der Waals surface area contributed by atoms with Gasteiger partial charge in [-0.1, -0.05) is 6.07 Å². The van der Waals surface area contributed by atoms with Crippen LogP contribution in [-0.2, 0) is 11.2 Å². The number of nitrogen functional groups attached to an aromatic ring is 2. The van der Waals surface area contributed by atoms with E-state index in [1.165, 1.54) is 0 Å². The zero-order chi connectivity index (χ0) is 10.7. The van der Waals surface area contributed by atoms with Gasteiger partial charge in [0.05, 0.1) is 0 Å². The molecule has 1 rings (SSSR count). The van der Waals surface area contributed by atoms with E-state index < -0.39 is 12.0 Å². The highest BCUT2D eigenvalue weighted by atomic mass is 16.4. The highest BCUT2D eigenvalue weighted by Gasteiger charge is 2.13. The molecule has 0 aliphatic carbocycles. The van der Waals surface area contributed by atoms with Crippen molar-refractivity contribution in [3.63, 3.8) is 0 Å². The van der Waals surface area contributed by atoms with Gasteiger partial charge in [-0.3, -0.25) is 4.79 Å². The van der Waals surface area contributed by atoms with E-state index in [9.17, 15) is 4.79 Å². The summed E-state index contributed by atoms with van der Waals surface area (Å²) in [6, 6.07) is 4.01. The second-order valence-electron chi connectivity index (χ2n) is 3.11. The maximum Gasteiger partial charge on any atom is 0.320 e. The van der Waals surface area contributed by atoms with Crippen molar-refractivity contribution < 1.29 is 9.90 Å². The van der Waals surface area contributed by atoms with Gasteiger partial charge in [-0.25, -0.2) is 0 Å². The Morgan fingerprint density at radius 1 is 1.43 bits per heavy atom. The molecule has 5 heteroatoms. The maximum atomic E-state index is 10.5. The average Bonchev–Trinajstić information content (AvgIpc) is 2.09. The van der Waals surface area contributed by atoms with Crippen molar-refractivity contribution in [3.8, 4) is 0 Å². The van der Waals surface area contributed by atoms with Crippen LogP contribution < -0.4 is 17.2 Å². The normalized spacial score (nSPS) is 12.4. The highest BCUT2D eigenvalue weighted by Crippen LogP contribution is 2.16. The van der Waals surface area contributed by atoms with E-state index >= 15 is 0 Å². The number of nitrogens with two attached hydrogens (primary N) is 3. The molecule has 14 heavy (non-hydrogen) atoms. The summed E-state index contributed by atoms with van der Waals surface area (Å²) in [5.74, 6) is -1.04. The van der Waals surface area contributed by atoms with E-state index in [1.807, 2.05) is 0 Å². The zero-order valence-electron chi connectivity index (χ0n) is 7.60. The van der Waals surface area contributed by atoms with Crippen molar-refractivity contribution in [1.82, 2.24) is 0 Å². The molecule has 0 saturated carbocycles. The number of carboxylic acid groups (broad SMARTS) is 1. The number of carboxylic acids is 1. The lowest BCUT2D eigenvalue weighted by molar-refractivity contribution is -0.138. The van der Waals surface area contributed by atoms with Crippen LogP contribution in [0.2, 0.25) is 0 Å². The quantitative estimate of drug-likeness (QED) is 0.499. The van der Waals surface area contributed by atoms with Crippen molar-refractivity contribution in [2.45, 2.75) is 12.5 Å². The molecule has 0 unspecified atom stereocenters. The van der Waals surface area contributed by atoms with Gasteiger partial charge in [0, 0.05) is 17.8 Å². The molecule has 0 aromatic heterocycles. The smallest absolute Gasteiger partial charge is 0.320 e. The van der Waals surface area contributed by atoms with Gasteiger partial charge in [-0.15, -0.1) is 0 Å². The fourth-order valence-corrected chi connectivity index (χ4v) is 1.12. The summed E-state index contributed by atoms with van der Waals surface area (Å²) >= 11 is 0. The SMILES string of the molecule is Nc1ccc(C[C@H](N)C(=O)O)c(N)c1. The van der Waals surface area contributed by atoms with E-state index in [0.29, 0.717) is 16.9 Å². The minimum absolute atomic E-state index is 0.210. The standard InChI is InChI=1S/C9H13N3O2/c10-6-2-1-5(7(11)4-6)3-8(12)9(13)14/h1-2,4,8H,3,10-12H2,(H,13,14)/t8-/m0/s1. The predicted octanol–water partition coefficient (Wildman–Crippen LogP) is -0.195. The third kappa shape index (κ3) is 2.37. The van der Waals surface area contributed by atoms with Gasteiger partial charge in [0.15, 0.2) is 0 Å². The van der Waals surface area contributed by atoms with E-state index in [2.05, 4.69) is 0 Å². The molecule has 0 amide bonds. The molecule has 76 valence electrons. The van der Waals surface area contributed by atoms with Crippen LogP contribution in [0.15, 0.2) is 18.2 Å². The van der Waals surface area contributed by atoms with Gasteiger partial charge < -0.3 is 22.3 Å². The number of carbonyl (C=O) groups is 1. The molecule has 0 saturated heterocycles. The minimum Gasteiger partial charge on any atom is -0.480 e. The van der Waals surface area contributed by atoms with Gasteiger partial charge in [0.25, 0.3) is 0 Å². The van der Waals surface area contributed by atoms with Crippen LogP contribution in [0.4, 0.5) is 11.4 Å². The molecule has 1 aromatic rings. The van der Waals surface area contributed by atoms with E-state index in [-0.39, 0.29) is 6.42 Å². The lowest BCUT2D eigenvalue weighted by atomic mass is 10.0. The van der Waals surface area contributed by atoms with Crippen LogP contribution in [0, 0.1) is 0 Å². The van der Waals surface area contributed by atoms with E-state index in [1.54, 1.807) is 18.2 Å². The first-order valence-corrected chi connectivity index (χ1v) is 4.13. The van der Waals surface area contributed by atoms with Crippen LogP contribution in [0.25, 0.3) is 0 Å². The van der Waals surface area contributed by atoms with Crippen LogP contribution in [0.3, 0.4) is 0 Å². The van der Waals surface area contributed by atoms with Crippen molar-refractivity contribution in [1.29, 1.82) is 0 Å². The van der Waals surface area contributed by atoms with Gasteiger partial charge in [-0.2, -0.15) is 0 Å². The molecule has 0 aliphatic heterocycles. The molecular weight excluding hydrogens is 182 g/mol. The van der Waals surface area contributed by atoms with Crippen molar-refractivity contribution in [2.75, 3.05) is 11.5 Å². The van der Waals surface area contributed by atoms with Crippen molar-refractivity contribution >= 4 is 17.3 Å². The number of hydrogen-bond donors (Lipinski definition) is 4. The van der Waals surface area contributed by atoms with Crippen LogP contribution in [0.1, 0.15) is 5.56 Å². The van der Waals surface area contributed by atoms with Crippen LogP contribution in [-0.4, -0.2) is 17.1 Å². The lowest BCUT2D eigenvalue weighted by Crippen LogP contribution is -2.32. The van der Waals surface area contributed by atoms with Crippen molar-refractivity contribution in [3.05, 3.63) is 23.8 Å². The lowest BCUT2D eigenvalue weighted by Gasteiger charge is -2.09. The Kier molecular flexibility index (Phi) is 2.93. The first kappa shape index (κ1) is 10.3. The number of rotatable bonds is 3. The summed E-state index contributed by atoms with van der Waals surface area (Å²) in [6.45, 7) is 0. The number of benzene rings is 1. The van der Waals surface area contributed by atoms with Crippen molar-refractivity contribution in [2.24, 2.45) is 5.73 Å². The Balaban J connectivity index is 2.82. The van der Waals surface area contributed by atoms with Crippen LogP contribution in [0.5, 0.6) is 0 Å².